The fourth-order valence-corrected chi connectivity index (χ4v) is 3.17. The van der Waals surface area contributed by atoms with Crippen molar-refractivity contribution in [1.82, 2.24) is 9.55 Å². The lowest BCUT2D eigenvalue weighted by atomic mass is 9.99. The smallest absolute Gasteiger partial charge is 0.185 e. The third kappa shape index (κ3) is 2.17. The van der Waals surface area contributed by atoms with Crippen LogP contribution in [0.4, 0.5) is 0 Å². The average molecular weight is 268 g/mol. The van der Waals surface area contributed by atoms with Crippen molar-refractivity contribution in [3.8, 4) is 0 Å². The molecule has 3 rings (SSSR count). The van der Waals surface area contributed by atoms with E-state index in [1.54, 1.807) is 0 Å². The van der Waals surface area contributed by atoms with Crippen molar-refractivity contribution in [3.63, 3.8) is 0 Å². The quantitative estimate of drug-likeness (QED) is 0.798. The number of ketones is 1. The Bertz CT molecular complexity index is 628. The van der Waals surface area contributed by atoms with Gasteiger partial charge in [0.05, 0.1) is 11.7 Å². The van der Waals surface area contributed by atoms with Crippen LogP contribution in [0.3, 0.4) is 0 Å². The van der Waals surface area contributed by atoms with Crippen LogP contribution in [-0.2, 0) is 12.8 Å². The molecule has 1 aromatic carbocycles. The van der Waals surface area contributed by atoms with E-state index >= 15 is 0 Å². The standard InChI is InChI=1S/C17H20N2O/c1-12(17(20)14-8-4-3-5-9-14)19-13(2)18-15-10-6-7-11-16(15)19/h3-5,8-9,12H,6-7,10-11H2,1-2H3. The van der Waals surface area contributed by atoms with Crippen LogP contribution in [0.2, 0.25) is 0 Å². The molecule has 1 unspecified atom stereocenters. The number of rotatable bonds is 3. The summed E-state index contributed by atoms with van der Waals surface area (Å²) in [6.45, 7) is 3.99. The second-order valence-electron chi connectivity index (χ2n) is 5.54. The number of carbonyl (C=O) groups excluding carboxylic acids is 1. The molecule has 0 fully saturated rings. The molecule has 0 aliphatic heterocycles. The maximum Gasteiger partial charge on any atom is 0.185 e. The van der Waals surface area contributed by atoms with Gasteiger partial charge in [-0.15, -0.1) is 0 Å². The molecule has 1 atom stereocenters. The molecule has 104 valence electrons. The van der Waals surface area contributed by atoms with Crippen molar-refractivity contribution in [2.75, 3.05) is 0 Å². The third-order valence-electron chi connectivity index (χ3n) is 4.17. The van der Waals surface area contributed by atoms with Crippen molar-refractivity contribution in [2.24, 2.45) is 0 Å². The maximum absolute atomic E-state index is 12.6. The Labute approximate surface area is 119 Å². The SMILES string of the molecule is Cc1nc2c(n1C(C)C(=O)c1ccccc1)CCCC2. The first kappa shape index (κ1) is 13.1. The van der Waals surface area contributed by atoms with E-state index < -0.39 is 0 Å². The molecule has 1 aliphatic carbocycles. The molecule has 20 heavy (non-hydrogen) atoms. The molecule has 0 amide bonds. The Hall–Kier alpha value is -1.90. The van der Waals surface area contributed by atoms with Crippen LogP contribution in [-0.4, -0.2) is 15.3 Å². The highest BCUT2D eigenvalue weighted by atomic mass is 16.1. The molecule has 0 N–H and O–H groups in total. The van der Waals surface area contributed by atoms with Crippen molar-refractivity contribution < 1.29 is 4.79 Å². The molecule has 0 bridgehead atoms. The van der Waals surface area contributed by atoms with Crippen LogP contribution >= 0.6 is 0 Å². The molecule has 1 aliphatic rings. The van der Waals surface area contributed by atoms with Gasteiger partial charge in [-0.1, -0.05) is 30.3 Å². The summed E-state index contributed by atoms with van der Waals surface area (Å²) in [6, 6.07) is 9.36. The van der Waals surface area contributed by atoms with Crippen molar-refractivity contribution in [1.29, 1.82) is 0 Å². The first-order valence-electron chi connectivity index (χ1n) is 7.34. The Kier molecular flexibility index (Phi) is 3.43. The van der Waals surface area contributed by atoms with E-state index in [9.17, 15) is 4.79 Å². The van der Waals surface area contributed by atoms with E-state index in [-0.39, 0.29) is 11.8 Å². The van der Waals surface area contributed by atoms with Gasteiger partial charge in [0.15, 0.2) is 5.78 Å². The lowest BCUT2D eigenvalue weighted by Gasteiger charge is -2.20. The Balaban J connectivity index is 1.97. The van der Waals surface area contributed by atoms with Gasteiger partial charge in [-0.05, 0) is 39.5 Å². The average Bonchev–Trinajstić information content (AvgIpc) is 2.82. The first-order valence-corrected chi connectivity index (χ1v) is 7.34. The number of fused-ring (bicyclic) bond motifs is 1. The molecule has 1 aromatic heterocycles. The summed E-state index contributed by atoms with van der Waals surface area (Å²) < 4.78 is 2.14. The van der Waals surface area contributed by atoms with Gasteiger partial charge >= 0.3 is 0 Å². The molecule has 3 nitrogen and oxygen atoms in total. The second-order valence-corrected chi connectivity index (χ2v) is 5.54. The number of hydrogen-bond donors (Lipinski definition) is 0. The van der Waals surface area contributed by atoms with Gasteiger partial charge in [0, 0.05) is 11.3 Å². The summed E-state index contributed by atoms with van der Waals surface area (Å²) >= 11 is 0. The Morgan fingerprint density at radius 2 is 1.90 bits per heavy atom. The highest BCUT2D eigenvalue weighted by molar-refractivity contribution is 5.98. The summed E-state index contributed by atoms with van der Waals surface area (Å²) in [5, 5.41) is 0. The zero-order valence-corrected chi connectivity index (χ0v) is 12.1. The van der Waals surface area contributed by atoms with Crippen molar-refractivity contribution in [3.05, 3.63) is 53.1 Å². The van der Waals surface area contributed by atoms with E-state index in [0.717, 1.165) is 24.2 Å². The van der Waals surface area contributed by atoms with Crippen LogP contribution < -0.4 is 0 Å². The van der Waals surface area contributed by atoms with E-state index in [1.807, 2.05) is 44.2 Å². The number of benzene rings is 1. The monoisotopic (exact) mass is 268 g/mol. The number of aromatic nitrogens is 2. The molecular formula is C17H20N2O. The molecule has 0 saturated heterocycles. The molecule has 1 heterocycles. The van der Waals surface area contributed by atoms with Crippen LogP contribution in [0.1, 0.15) is 53.4 Å². The molecule has 3 heteroatoms. The summed E-state index contributed by atoms with van der Waals surface area (Å²) in [6.07, 6.45) is 4.51. The Morgan fingerprint density at radius 3 is 2.65 bits per heavy atom. The van der Waals surface area contributed by atoms with E-state index in [4.69, 9.17) is 0 Å². The van der Waals surface area contributed by atoms with Gasteiger partial charge in [0.25, 0.3) is 0 Å². The largest absolute Gasteiger partial charge is 0.321 e. The normalized spacial score (nSPS) is 15.7. The van der Waals surface area contributed by atoms with Gasteiger partial charge in [-0.3, -0.25) is 4.79 Å². The predicted molar refractivity (Wildman–Crippen MR) is 79.1 cm³/mol. The summed E-state index contributed by atoms with van der Waals surface area (Å²) in [4.78, 5) is 17.3. The van der Waals surface area contributed by atoms with Crippen molar-refractivity contribution >= 4 is 5.78 Å². The van der Waals surface area contributed by atoms with Gasteiger partial charge in [-0.2, -0.15) is 0 Å². The fourth-order valence-electron chi connectivity index (χ4n) is 3.17. The highest BCUT2D eigenvalue weighted by Gasteiger charge is 2.25. The highest BCUT2D eigenvalue weighted by Crippen LogP contribution is 2.26. The number of carbonyl (C=O) groups is 1. The van der Waals surface area contributed by atoms with E-state index in [2.05, 4.69) is 9.55 Å². The van der Waals surface area contributed by atoms with Gasteiger partial charge in [0.2, 0.25) is 0 Å². The van der Waals surface area contributed by atoms with Gasteiger partial charge in [-0.25, -0.2) is 4.98 Å². The minimum absolute atomic E-state index is 0.166. The number of aryl methyl sites for hydroxylation is 2. The summed E-state index contributed by atoms with van der Waals surface area (Å²) in [5.74, 6) is 1.13. The van der Waals surface area contributed by atoms with Gasteiger partial charge in [0.1, 0.15) is 5.82 Å². The second kappa shape index (κ2) is 5.23. The van der Waals surface area contributed by atoms with E-state index in [1.165, 1.54) is 24.2 Å². The minimum Gasteiger partial charge on any atom is -0.321 e. The van der Waals surface area contributed by atoms with E-state index in [0.29, 0.717) is 0 Å². The fraction of sp³-hybridized carbons (Fsp3) is 0.412. The van der Waals surface area contributed by atoms with Crippen LogP contribution in [0, 0.1) is 6.92 Å². The summed E-state index contributed by atoms with van der Waals surface area (Å²) in [5.41, 5.74) is 3.24. The number of nitrogens with zero attached hydrogens (tertiary/aromatic N) is 2. The molecule has 0 spiro atoms. The van der Waals surface area contributed by atoms with Gasteiger partial charge < -0.3 is 4.57 Å². The molecular weight excluding hydrogens is 248 g/mol. The third-order valence-corrected chi connectivity index (χ3v) is 4.17. The maximum atomic E-state index is 12.6. The topological polar surface area (TPSA) is 34.9 Å². The zero-order chi connectivity index (χ0) is 14.1. The predicted octanol–water partition coefficient (Wildman–Crippen LogP) is 3.51. The zero-order valence-electron chi connectivity index (χ0n) is 12.1. The summed E-state index contributed by atoms with van der Waals surface area (Å²) in [7, 11) is 0. The first-order chi connectivity index (χ1) is 9.68. The van der Waals surface area contributed by atoms with Crippen LogP contribution in [0.15, 0.2) is 30.3 Å². The van der Waals surface area contributed by atoms with Crippen LogP contribution in [0.25, 0.3) is 0 Å². The lowest BCUT2D eigenvalue weighted by molar-refractivity contribution is 0.0932. The molecule has 0 saturated carbocycles. The number of imidazole rings is 1. The lowest BCUT2D eigenvalue weighted by Crippen LogP contribution is -2.21. The molecule has 2 aromatic rings. The Morgan fingerprint density at radius 1 is 1.20 bits per heavy atom. The number of hydrogen-bond acceptors (Lipinski definition) is 2. The minimum atomic E-state index is -0.174. The molecule has 0 radical (unpaired) electrons. The van der Waals surface area contributed by atoms with Crippen LogP contribution in [0.5, 0.6) is 0 Å². The number of Topliss-reactive ketones (excluding diaryl/α,β-unsaturated/α-hetero) is 1. The van der Waals surface area contributed by atoms with Crippen molar-refractivity contribution in [2.45, 2.75) is 45.6 Å².